The second kappa shape index (κ2) is 4.38. The number of benzene rings is 1. The van der Waals surface area contributed by atoms with Gasteiger partial charge in [-0.3, -0.25) is 4.68 Å². The molecular formula is C13H15N3O2S. The summed E-state index contributed by atoms with van der Waals surface area (Å²) in [6.45, 7) is 0.620. The average Bonchev–Trinajstić information content (AvgIpc) is 2.92. The molecule has 0 bridgehead atoms. The second-order valence-corrected chi connectivity index (χ2v) is 6.77. The fourth-order valence-corrected chi connectivity index (χ4v) is 3.87. The third-order valence-corrected chi connectivity index (χ3v) is 5.23. The van der Waals surface area contributed by atoms with Crippen molar-refractivity contribution in [2.45, 2.75) is 17.9 Å². The Hall–Kier alpha value is -1.82. The van der Waals surface area contributed by atoms with Crippen molar-refractivity contribution in [1.82, 2.24) is 9.78 Å². The number of hydrogen-bond acceptors (Lipinski definition) is 4. The Balaban J connectivity index is 1.82. The summed E-state index contributed by atoms with van der Waals surface area (Å²) in [6, 6.07) is 7.48. The first kappa shape index (κ1) is 12.2. The van der Waals surface area contributed by atoms with Gasteiger partial charge in [0.15, 0.2) is 9.84 Å². The molecule has 0 saturated carbocycles. The van der Waals surface area contributed by atoms with Crippen molar-refractivity contribution >= 4 is 15.5 Å². The number of aromatic nitrogens is 2. The van der Waals surface area contributed by atoms with Crippen molar-refractivity contribution in [2.24, 2.45) is 7.05 Å². The van der Waals surface area contributed by atoms with E-state index in [1.165, 1.54) is 0 Å². The van der Waals surface area contributed by atoms with E-state index in [0.29, 0.717) is 17.9 Å². The first-order valence-corrected chi connectivity index (χ1v) is 7.78. The molecule has 19 heavy (non-hydrogen) atoms. The summed E-state index contributed by atoms with van der Waals surface area (Å²) in [7, 11) is -1.19. The van der Waals surface area contributed by atoms with Crippen LogP contribution in [0.3, 0.4) is 0 Å². The quantitative estimate of drug-likeness (QED) is 0.920. The molecule has 1 N–H and O–H groups in total. The summed E-state index contributed by atoms with van der Waals surface area (Å²) < 4.78 is 25.5. The normalized spacial score (nSPS) is 16.3. The highest BCUT2D eigenvalue weighted by molar-refractivity contribution is 7.91. The number of rotatable bonds is 3. The second-order valence-electron chi connectivity index (χ2n) is 4.69. The van der Waals surface area contributed by atoms with Gasteiger partial charge in [0.1, 0.15) is 0 Å². The molecule has 1 aliphatic heterocycles. The van der Waals surface area contributed by atoms with Crippen LogP contribution in [0.25, 0.3) is 0 Å². The lowest BCUT2D eigenvalue weighted by atomic mass is 10.1. The number of nitrogens with zero attached hydrogens (tertiary/aromatic N) is 2. The predicted octanol–water partition coefficient (Wildman–Crippen LogP) is 1.36. The van der Waals surface area contributed by atoms with Crippen molar-refractivity contribution in [3.63, 3.8) is 0 Å². The zero-order chi connectivity index (χ0) is 13.5. The van der Waals surface area contributed by atoms with Gasteiger partial charge in [0, 0.05) is 18.9 Å². The lowest BCUT2D eigenvalue weighted by Crippen LogP contribution is -2.06. The van der Waals surface area contributed by atoms with Crippen LogP contribution >= 0.6 is 0 Å². The minimum Gasteiger partial charge on any atom is -0.379 e. The molecule has 3 rings (SSSR count). The predicted molar refractivity (Wildman–Crippen MR) is 72.7 cm³/mol. The van der Waals surface area contributed by atoms with E-state index in [4.69, 9.17) is 0 Å². The lowest BCUT2D eigenvalue weighted by molar-refractivity contribution is 0.600. The van der Waals surface area contributed by atoms with E-state index in [1.54, 1.807) is 16.9 Å². The molecule has 2 aromatic rings. The van der Waals surface area contributed by atoms with Gasteiger partial charge >= 0.3 is 0 Å². The van der Waals surface area contributed by atoms with Crippen molar-refractivity contribution in [3.05, 3.63) is 41.7 Å². The van der Waals surface area contributed by atoms with Gasteiger partial charge in [-0.1, -0.05) is 6.07 Å². The molecule has 0 aliphatic carbocycles. The van der Waals surface area contributed by atoms with E-state index in [2.05, 4.69) is 10.4 Å². The van der Waals surface area contributed by atoms with Gasteiger partial charge in [0.2, 0.25) is 0 Å². The molecule has 1 aromatic heterocycles. The third-order valence-electron chi connectivity index (χ3n) is 3.44. The molecule has 0 amide bonds. The van der Waals surface area contributed by atoms with Gasteiger partial charge in [-0.2, -0.15) is 5.10 Å². The molecule has 0 radical (unpaired) electrons. The smallest absolute Gasteiger partial charge is 0.179 e. The molecule has 0 fully saturated rings. The standard InChI is InChI=1S/C13H15N3O2S/c1-16-12(4-6-15-16)9-14-11-3-2-10-5-7-19(17,18)13(10)8-11/h2-4,6,8,14H,5,7,9H2,1H3. The third kappa shape index (κ3) is 2.23. The number of hydrogen-bond donors (Lipinski definition) is 1. The number of anilines is 1. The molecule has 0 unspecified atom stereocenters. The van der Waals surface area contributed by atoms with Crippen molar-refractivity contribution in [3.8, 4) is 0 Å². The van der Waals surface area contributed by atoms with Gasteiger partial charge in [0.05, 0.1) is 22.9 Å². The summed E-state index contributed by atoms with van der Waals surface area (Å²) in [4.78, 5) is 0.475. The number of fused-ring (bicyclic) bond motifs is 1. The van der Waals surface area contributed by atoms with Gasteiger partial charge in [-0.05, 0) is 30.2 Å². The largest absolute Gasteiger partial charge is 0.379 e. The molecule has 5 nitrogen and oxygen atoms in total. The molecule has 0 atom stereocenters. The minimum atomic E-state index is -3.07. The monoisotopic (exact) mass is 277 g/mol. The Kier molecular flexibility index (Phi) is 2.82. The summed E-state index contributed by atoms with van der Waals surface area (Å²) >= 11 is 0. The highest BCUT2D eigenvalue weighted by Gasteiger charge is 2.26. The maximum Gasteiger partial charge on any atom is 0.179 e. The van der Waals surface area contributed by atoms with Gasteiger partial charge < -0.3 is 5.32 Å². The van der Waals surface area contributed by atoms with Crippen LogP contribution < -0.4 is 5.32 Å². The molecule has 0 saturated heterocycles. The minimum absolute atomic E-state index is 0.230. The fourth-order valence-electron chi connectivity index (χ4n) is 2.28. The molecule has 100 valence electrons. The summed E-state index contributed by atoms with van der Waals surface area (Å²) in [5.41, 5.74) is 2.79. The zero-order valence-corrected chi connectivity index (χ0v) is 11.4. The maximum absolute atomic E-state index is 11.9. The van der Waals surface area contributed by atoms with Crippen LogP contribution in [0.4, 0.5) is 5.69 Å². The lowest BCUT2D eigenvalue weighted by Gasteiger charge is -2.08. The molecule has 1 aromatic carbocycles. The molecule has 6 heteroatoms. The number of sulfone groups is 1. The van der Waals surface area contributed by atoms with Crippen molar-refractivity contribution < 1.29 is 8.42 Å². The van der Waals surface area contributed by atoms with Crippen LogP contribution in [0, 0.1) is 0 Å². The Morgan fingerprint density at radius 3 is 2.95 bits per heavy atom. The first-order valence-electron chi connectivity index (χ1n) is 6.13. The van der Waals surface area contributed by atoms with Crippen LogP contribution in [0.1, 0.15) is 11.3 Å². The average molecular weight is 277 g/mol. The topological polar surface area (TPSA) is 64.0 Å². The summed E-state index contributed by atoms with van der Waals surface area (Å²) in [5, 5.41) is 7.32. The number of nitrogens with one attached hydrogen (secondary N) is 1. The van der Waals surface area contributed by atoms with Gasteiger partial charge in [-0.15, -0.1) is 0 Å². The summed E-state index contributed by atoms with van der Waals surface area (Å²) in [5.74, 6) is 0.230. The van der Waals surface area contributed by atoms with E-state index in [1.807, 2.05) is 25.2 Å². The molecule has 0 spiro atoms. The van der Waals surface area contributed by atoms with Crippen LogP contribution in [-0.2, 0) is 29.9 Å². The first-order chi connectivity index (χ1) is 9.06. The maximum atomic E-state index is 11.9. The Morgan fingerprint density at radius 1 is 1.37 bits per heavy atom. The molecule has 2 heterocycles. The van der Waals surface area contributed by atoms with Gasteiger partial charge in [-0.25, -0.2) is 8.42 Å². The summed E-state index contributed by atoms with van der Waals surface area (Å²) in [6.07, 6.45) is 2.36. The van der Waals surface area contributed by atoms with E-state index in [9.17, 15) is 8.42 Å². The fraction of sp³-hybridized carbons (Fsp3) is 0.308. The highest BCUT2D eigenvalue weighted by Crippen LogP contribution is 2.28. The zero-order valence-electron chi connectivity index (χ0n) is 10.6. The van der Waals surface area contributed by atoms with Gasteiger partial charge in [0.25, 0.3) is 0 Å². The van der Waals surface area contributed by atoms with Crippen LogP contribution in [0.2, 0.25) is 0 Å². The van der Waals surface area contributed by atoms with Crippen molar-refractivity contribution in [2.75, 3.05) is 11.1 Å². The van der Waals surface area contributed by atoms with Crippen molar-refractivity contribution in [1.29, 1.82) is 0 Å². The highest BCUT2D eigenvalue weighted by atomic mass is 32.2. The Labute approximate surface area is 112 Å². The molecular weight excluding hydrogens is 262 g/mol. The SMILES string of the molecule is Cn1nccc1CNc1ccc2c(c1)S(=O)(=O)CC2. The Bertz CT molecular complexity index is 719. The van der Waals surface area contributed by atoms with Crippen LogP contribution in [0.5, 0.6) is 0 Å². The Morgan fingerprint density at radius 2 is 2.21 bits per heavy atom. The van der Waals surface area contributed by atoms with Crippen LogP contribution in [-0.4, -0.2) is 24.0 Å². The molecule has 1 aliphatic rings. The van der Waals surface area contributed by atoms with E-state index in [-0.39, 0.29) is 5.75 Å². The van der Waals surface area contributed by atoms with E-state index in [0.717, 1.165) is 16.9 Å². The van der Waals surface area contributed by atoms with Crippen LogP contribution in [0.15, 0.2) is 35.4 Å². The number of aryl methyl sites for hydroxylation is 2. The van der Waals surface area contributed by atoms with E-state index >= 15 is 0 Å². The van der Waals surface area contributed by atoms with E-state index < -0.39 is 9.84 Å².